The van der Waals surface area contributed by atoms with Crippen LogP contribution in [0.3, 0.4) is 0 Å². The van der Waals surface area contributed by atoms with E-state index in [2.05, 4.69) is 0 Å². The van der Waals surface area contributed by atoms with Gasteiger partial charge in [0.15, 0.2) is 5.78 Å². The van der Waals surface area contributed by atoms with Crippen molar-refractivity contribution in [1.29, 1.82) is 0 Å². The summed E-state index contributed by atoms with van der Waals surface area (Å²) in [6.45, 7) is 5.72. The summed E-state index contributed by atoms with van der Waals surface area (Å²) in [5.74, 6) is -0.167. The Morgan fingerprint density at radius 3 is 2.38 bits per heavy atom. The monoisotopic (exact) mass is 293 g/mol. The normalized spacial score (nSPS) is 10.7. The number of benzene rings is 1. The van der Waals surface area contributed by atoms with E-state index in [4.69, 9.17) is 0 Å². The zero-order valence-electron chi connectivity index (χ0n) is 13.1. The first kappa shape index (κ1) is 17.1. The van der Waals surface area contributed by atoms with Crippen molar-refractivity contribution in [2.45, 2.75) is 20.3 Å². The van der Waals surface area contributed by atoms with Gasteiger partial charge in [0.25, 0.3) is 5.69 Å². The molecule has 1 rings (SSSR count). The van der Waals surface area contributed by atoms with Gasteiger partial charge in [0, 0.05) is 31.3 Å². The maximum atomic E-state index is 11.4. The molecule has 1 aromatic carbocycles. The molecule has 1 aromatic rings. The first-order valence-electron chi connectivity index (χ1n) is 7.05. The smallest absolute Gasteiger partial charge is 0.293 e. The van der Waals surface area contributed by atoms with E-state index in [1.165, 1.54) is 13.0 Å². The second kappa shape index (κ2) is 7.73. The number of nitrogens with zero attached hydrogens (tertiary/aromatic N) is 3. The molecule has 0 aromatic heterocycles. The molecule has 0 aliphatic heterocycles. The molecule has 0 aliphatic rings. The number of Topliss-reactive ketones (excluding diaryl/α,β-unsaturated/α-hetero) is 1. The van der Waals surface area contributed by atoms with Gasteiger partial charge in [-0.25, -0.2) is 0 Å². The Hall–Kier alpha value is -1.95. The Balaban J connectivity index is 3.16. The average molecular weight is 293 g/mol. The lowest BCUT2D eigenvalue weighted by atomic mass is 10.1. The van der Waals surface area contributed by atoms with E-state index in [-0.39, 0.29) is 11.5 Å². The topological polar surface area (TPSA) is 66.7 Å². The predicted octanol–water partition coefficient (Wildman–Crippen LogP) is 2.58. The van der Waals surface area contributed by atoms with E-state index in [1.807, 2.05) is 30.8 Å². The van der Waals surface area contributed by atoms with Crippen LogP contribution in [0.5, 0.6) is 0 Å². The largest absolute Gasteiger partial charge is 0.365 e. The molecule has 6 nitrogen and oxygen atoms in total. The van der Waals surface area contributed by atoms with E-state index < -0.39 is 4.92 Å². The molecular formula is C15H23N3O3. The Morgan fingerprint density at radius 2 is 1.90 bits per heavy atom. The molecule has 0 aliphatic carbocycles. The number of rotatable bonds is 8. The molecule has 0 N–H and O–H groups in total. The molecule has 0 radical (unpaired) electrons. The average Bonchev–Trinajstić information content (AvgIpc) is 2.42. The molecule has 6 heteroatoms. The molecular weight excluding hydrogens is 270 g/mol. The Bertz CT molecular complexity index is 515. The van der Waals surface area contributed by atoms with E-state index >= 15 is 0 Å². The fourth-order valence-electron chi connectivity index (χ4n) is 2.10. The molecule has 0 atom stereocenters. The predicted molar refractivity (Wildman–Crippen MR) is 84.2 cm³/mol. The van der Waals surface area contributed by atoms with Gasteiger partial charge >= 0.3 is 0 Å². The minimum atomic E-state index is -0.417. The summed E-state index contributed by atoms with van der Waals surface area (Å²) in [4.78, 5) is 26.3. The number of ketones is 1. The molecule has 116 valence electrons. The van der Waals surface area contributed by atoms with Crippen LogP contribution in [0, 0.1) is 10.1 Å². The van der Waals surface area contributed by atoms with Crippen molar-refractivity contribution in [2.75, 3.05) is 38.6 Å². The zero-order valence-corrected chi connectivity index (χ0v) is 13.1. The van der Waals surface area contributed by atoms with Gasteiger partial charge in [0.1, 0.15) is 5.69 Å². The van der Waals surface area contributed by atoms with Crippen LogP contribution < -0.4 is 4.90 Å². The quantitative estimate of drug-likeness (QED) is 0.418. The van der Waals surface area contributed by atoms with Gasteiger partial charge in [-0.2, -0.15) is 0 Å². The van der Waals surface area contributed by atoms with Crippen LogP contribution in [0.1, 0.15) is 30.6 Å². The molecule has 0 amide bonds. The van der Waals surface area contributed by atoms with Gasteiger partial charge in [0.2, 0.25) is 0 Å². The number of nitro groups is 1. The molecule has 0 bridgehead atoms. The molecule has 0 spiro atoms. The lowest BCUT2D eigenvalue weighted by molar-refractivity contribution is -0.384. The highest BCUT2D eigenvalue weighted by molar-refractivity contribution is 5.95. The van der Waals surface area contributed by atoms with Gasteiger partial charge in [-0.1, -0.05) is 6.92 Å². The van der Waals surface area contributed by atoms with E-state index in [0.29, 0.717) is 17.8 Å². The number of nitro benzene ring substituents is 1. The lowest BCUT2D eigenvalue weighted by Gasteiger charge is -2.25. The third-order valence-electron chi connectivity index (χ3n) is 3.23. The molecule has 21 heavy (non-hydrogen) atoms. The minimum Gasteiger partial charge on any atom is -0.365 e. The number of hydrogen-bond acceptors (Lipinski definition) is 5. The maximum Gasteiger partial charge on any atom is 0.293 e. The molecule has 0 saturated heterocycles. The highest BCUT2D eigenvalue weighted by Crippen LogP contribution is 2.29. The van der Waals surface area contributed by atoms with Crippen LogP contribution in [0.25, 0.3) is 0 Å². The van der Waals surface area contributed by atoms with E-state index in [9.17, 15) is 14.9 Å². The first-order valence-corrected chi connectivity index (χ1v) is 7.05. The highest BCUT2D eigenvalue weighted by Gasteiger charge is 2.20. The van der Waals surface area contributed by atoms with Crippen molar-refractivity contribution in [2.24, 2.45) is 0 Å². The van der Waals surface area contributed by atoms with Crippen LogP contribution in [0.15, 0.2) is 18.2 Å². The molecule has 0 fully saturated rings. The second-order valence-corrected chi connectivity index (χ2v) is 5.31. The van der Waals surface area contributed by atoms with E-state index in [0.717, 1.165) is 19.5 Å². The maximum absolute atomic E-state index is 11.4. The van der Waals surface area contributed by atoms with Gasteiger partial charge in [-0.15, -0.1) is 0 Å². The summed E-state index contributed by atoms with van der Waals surface area (Å²) in [5, 5.41) is 11.3. The number of carbonyl (C=O) groups excluding carboxylic acids is 1. The van der Waals surface area contributed by atoms with Crippen LogP contribution in [-0.4, -0.2) is 49.3 Å². The summed E-state index contributed by atoms with van der Waals surface area (Å²) in [6.07, 6.45) is 0.902. The third kappa shape index (κ3) is 4.82. The van der Waals surface area contributed by atoms with E-state index in [1.54, 1.807) is 12.1 Å². The van der Waals surface area contributed by atoms with Gasteiger partial charge in [0.05, 0.1) is 4.92 Å². The summed E-state index contributed by atoms with van der Waals surface area (Å²) >= 11 is 0. The number of carbonyl (C=O) groups is 1. The molecule has 0 saturated carbocycles. The number of hydrogen-bond donors (Lipinski definition) is 0. The Morgan fingerprint density at radius 1 is 1.24 bits per heavy atom. The summed E-state index contributed by atoms with van der Waals surface area (Å²) in [5.41, 5.74) is 0.943. The van der Waals surface area contributed by atoms with Crippen molar-refractivity contribution in [3.8, 4) is 0 Å². The third-order valence-corrected chi connectivity index (χ3v) is 3.23. The van der Waals surface area contributed by atoms with Crippen LogP contribution in [0.4, 0.5) is 11.4 Å². The standard InChI is InChI=1S/C15H23N3O3/c1-5-8-17(10-9-16(3)4)14-7-6-13(12(2)19)11-15(14)18(20)21/h6-7,11H,5,8-10H2,1-4H3. The first-order chi connectivity index (χ1) is 9.86. The van der Waals surface area contributed by atoms with Crippen molar-refractivity contribution in [3.63, 3.8) is 0 Å². The second-order valence-electron chi connectivity index (χ2n) is 5.31. The van der Waals surface area contributed by atoms with Gasteiger partial charge in [-0.3, -0.25) is 14.9 Å². The van der Waals surface area contributed by atoms with Crippen LogP contribution in [-0.2, 0) is 0 Å². The van der Waals surface area contributed by atoms with Crippen molar-refractivity contribution in [1.82, 2.24) is 4.90 Å². The highest BCUT2D eigenvalue weighted by atomic mass is 16.6. The fraction of sp³-hybridized carbons (Fsp3) is 0.533. The number of likely N-dealkylation sites (N-methyl/N-ethyl adjacent to an activating group) is 1. The summed E-state index contributed by atoms with van der Waals surface area (Å²) < 4.78 is 0. The van der Waals surface area contributed by atoms with Crippen molar-refractivity contribution >= 4 is 17.2 Å². The van der Waals surface area contributed by atoms with Crippen LogP contribution in [0.2, 0.25) is 0 Å². The van der Waals surface area contributed by atoms with Crippen molar-refractivity contribution < 1.29 is 9.72 Å². The molecule has 0 unspecified atom stereocenters. The summed E-state index contributed by atoms with van der Waals surface area (Å²) in [6, 6.07) is 4.71. The van der Waals surface area contributed by atoms with Crippen LogP contribution >= 0.6 is 0 Å². The van der Waals surface area contributed by atoms with Gasteiger partial charge in [-0.05, 0) is 39.6 Å². The Labute approximate surface area is 125 Å². The van der Waals surface area contributed by atoms with Crippen molar-refractivity contribution in [3.05, 3.63) is 33.9 Å². The summed E-state index contributed by atoms with van der Waals surface area (Å²) in [7, 11) is 3.94. The number of anilines is 1. The zero-order chi connectivity index (χ0) is 16.0. The molecule has 0 heterocycles. The SMILES string of the molecule is CCCN(CCN(C)C)c1ccc(C(C)=O)cc1[N+](=O)[O-]. The minimum absolute atomic E-state index is 0.00472. The Kier molecular flexibility index (Phi) is 6.30. The lowest BCUT2D eigenvalue weighted by Crippen LogP contribution is -2.32. The fourth-order valence-corrected chi connectivity index (χ4v) is 2.10. The van der Waals surface area contributed by atoms with Gasteiger partial charge < -0.3 is 9.80 Å².